The molecular formula is C19H23FN4OS. The summed E-state index contributed by atoms with van der Waals surface area (Å²) in [4.78, 5) is 12.0. The number of hydrazine groups is 1. The molecule has 138 valence electrons. The monoisotopic (exact) mass is 374 g/mol. The number of hydrogen-bond acceptors (Lipinski definition) is 3. The van der Waals surface area contributed by atoms with Gasteiger partial charge < -0.3 is 10.6 Å². The topological polar surface area (TPSA) is 65.2 Å². The molecule has 7 heteroatoms. The maximum Gasteiger partial charge on any atom is 0.257 e. The number of halogens is 1. The summed E-state index contributed by atoms with van der Waals surface area (Å²) < 4.78 is 12.8. The highest BCUT2D eigenvalue weighted by atomic mass is 32.1. The molecule has 0 fully saturated rings. The highest BCUT2D eigenvalue weighted by Crippen LogP contribution is 2.21. The first kappa shape index (κ1) is 19.7. The van der Waals surface area contributed by atoms with Crippen molar-refractivity contribution in [3.05, 3.63) is 64.5 Å². The van der Waals surface area contributed by atoms with Crippen LogP contribution in [0, 0.1) is 26.6 Å². The second-order valence-electron chi connectivity index (χ2n) is 6.11. The van der Waals surface area contributed by atoms with E-state index in [9.17, 15) is 9.18 Å². The number of anilines is 1. The number of carbonyl (C=O) groups excluding carboxylic acids is 1. The lowest BCUT2D eigenvalue weighted by molar-refractivity contribution is -0.119. The first-order valence-corrected chi connectivity index (χ1v) is 8.65. The molecule has 2 rings (SSSR count). The molecule has 4 N–H and O–H groups in total. The third-order valence-electron chi connectivity index (χ3n) is 3.78. The molecule has 0 heterocycles. The van der Waals surface area contributed by atoms with Crippen LogP contribution in [0.2, 0.25) is 0 Å². The van der Waals surface area contributed by atoms with Crippen molar-refractivity contribution in [3.63, 3.8) is 0 Å². The van der Waals surface area contributed by atoms with Crippen LogP contribution in [0.1, 0.15) is 22.3 Å². The van der Waals surface area contributed by atoms with Gasteiger partial charge in [-0.1, -0.05) is 29.8 Å². The summed E-state index contributed by atoms with van der Waals surface area (Å²) >= 11 is 5.10. The number of benzene rings is 2. The van der Waals surface area contributed by atoms with E-state index in [1.165, 1.54) is 17.7 Å². The molecule has 5 nitrogen and oxygen atoms in total. The van der Waals surface area contributed by atoms with Crippen LogP contribution in [0.3, 0.4) is 0 Å². The molecule has 0 aliphatic rings. The van der Waals surface area contributed by atoms with E-state index in [1.54, 1.807) is 12.1 Å². The van der Waals surface area contributed by atoms with Crippen molar-refractivity contribution in [2.45, 2.75) is 27.3 Å². The van der Waals surface area contributed by atoms with Crippen molar-refractivity contribution >= 4 is 28.9 Å². The van der Waals surface area contributed by atoms with Crippen LogP contribution in [-0.4, -0.2) is 17.6 Å². The van der Waals surface area contributed by atoms with Crippen molar-refractivity contribution in [1.29, 1.82) is 0 Å². The fraction of sp³-hybridized carbons (Fsp3) is 0.263. The van der Waals surface area contributed by atoms with E-state index < -0.39 is 0 Å². The van der Waals surface area contributed by atoms with Gasteiger partial charge in [0.1, 0.15) is 5.82 Å². The van der Waals surface area contributed by atoms with Gasteiger partial charge in [0, 0.05) is 12.2 Å². The maximum atomic E-state index is 12.8. The Labute approximate surface area is 158 Å². The third kappa shape index (κ3) is 6.00. The van der Waals surface area contributed by atoms with E-state index in [2.05, 4.69) is 33.6 Å². The third-order valence-corrected chi connectivity index (χ3v) is 4.03. The molecule has 0 atom stereocenters. The smallest absolute Gasteiger partial charge is 0.257 e. The molecule has 2 aromatic carbocycles. The molecule has 0 saturated heterocycles. The summed E-state index contributed by atoms with van der Waals surface area (Å²) in [6.07, 6.45) is 0. The SMILES string of the molecule is Cc1cc(C)c(NCC(=O)NNC(=S)NCc2ccc(F)cc2)c(C)c1. The lowest BCUT2D eigenvalue weighted by Crippen LogP contribution is -2.48. The van der Waals surface area contributed by atoms with E-state index >= 15 is 0 Å². The van der Waals surface area contributed by atoms with E-state index in [0.29, 0.717) is 6.54 Å². The Kier molecular flexibility index (Phi) is 6.91. The number of carbonyl (C=O) groups is 1. The molecule has 0 aliphatic carbocycles. The molecule has 2 aromatic rings. The summed E-state index contributed by atoms with van der Waals surface area (Å²) in [6, 6.07) is 10.2. The van der Waals surface area contributed by atoms with Crippen molar-refractivity contribution in [2.24, 2.45) is 0 Å². The minimum absolute atomic E-state index is 0.123. The van der Waals surface area contributed by atoms with Gasteiger partial charge >= 0.3 is 0 Å². The molecule has 0 bridgehead atoms. The average Bonchev–Trinajstić information content (AvgIpc) is 2.58. The van der Waals surface area contributed by atoms with Gasteiger partial charge in [0.05, 0.1) is 6.54 Å². The maximum absolute atomic E-state index is 12.8. The van der Waals surface area contributed by atoms with Gasteiger partial charge in [-0.3, -0.25) is 15.6 Å². The number of amides is 1. The Bertz CT molecular complexity index is 770. The van der Waals surface area contributed by atoms with Gasteiger partial charge in [0.2, 0.25) is 0 Å². The summed E-state index contributed by atoms with van der Waals surface area (Å²) in [5, 5.41) is 6.36. The molecule has 0 spiro atoms. The Balaban J connectivity index is 1.73. The van der Waals surface area contributed by atoms with E-state index in [0.717, 1.165) is 22.4 Å². The molecule has 0 saturated carbocycles. The number of nitrogens with one attached hydrogen (secondary N) is 4. The molecule has 0 aliphatic heterocycles. The molecule has 0 unspecified atom stereocenters. The van der Waals surface area contributed by atoms with Crippen molar-refractivity contribution < 1.29 is 9.18 Å². The van der Waals surface area contributed by atoms with E-state index in [4.69, 9.17) is 12.2 Å². The Morgan fingerprint density at radius 1 is 1.04 bits per heavy atom. The van der Waals surface area contributed by atoms with Crippen LogP contribution < -0.4 is 21.5 Å². The van der Waals surface area contributed by atoms with Gasteiger partial charge in [0.15, 0.2) is 5.11 Å². The van der Waals surface area contributed by atoms with Gasteiger partial charge in [0.25, 0.3) is 5.91 Å². The van der Waals surface area contributed by atoms with Gasteiger partial charge in [-0.2, -0.15) is 0 Å². The normalized spacial score (nSPS) is 10.2. The number of hydrogen-bond donors (Lipinski definition) is 4. The predicted octanol–water partition coefficient (Wildman–Crippen LogP) is 2.86. The summed E-state index contributed by atoms with van der Waals surface area (Å²) in [7, 11) is 0. The van der Waals surface area contributed by atoms with Gasteiger partial charge in [-0.25, -0.2) is 4.39 Å². The molecular weight excluding hydrogens is 351 g/mol. The fourth-order valence-electron chi connectivity index (χ4n) is 2.63. The number of aryl methyl sites for hydroxylation is 3. The zero-order valence-electron chi connectivity index (χ0n) is 15.1. The van der Waals surface area contributed by atoms with Gasteiger partial charge in [-0.15, -0.1) is 0 Å². The number of thiocarbonyl (C=S) groups is 1. The summed E-state index contributed by atoms with van der Waals surface area (Å²) in [5.74, 6) is -0.524. The molecule has 26 heavy (non-hydrogen) atoms. The fourth-order valence-corrected chi connectivity index (χ4v) is 2.75. The number of rotatable bonds is 5. The van der Waals surface area contributed by atoms with Crippen LogP contribution >= 0.6 is 12.2 Å². The molecule has 1 amide bonds. The summed E-state index contributed by atoms with van der Waals surface area (Å²) in [5.41, 5.74) is 10.4. The average molecular weight is 374 g/mol. The Morgan fingerprint density at radius 2 is 1.65 bits per heavy atom. The molecule has 0 aromatic heterocycles. The van der Waals surface area contributed by atoms with Crippen LogP contribution in [-0.2, 0) is 11.3 Å². The van der Waals surface area contributed by atoms with E-state index in [-0.39, 0.29) is 23.4 Å². The standard InChI is InChI=1S/C19H23FN4OS/c1-12-8-13(2)18(14(3)9-12)21-11-17(25)23-24-19(26)22-10-15-4-6-16(20)7-5-15/h4-9,21H,10-11H2,1-3H3,(H,23,25)(H2,22,24,26). The van der Waals surface area contributed by atoms with Crippen LogP contribution in [0.15, 0.2) is 36.4 Å². The first-order valence-electron chi connectivity index (χ1n) is 8.24. The Hall–Kier alpha value is -2.67. The van der Waals surface area contributed by atoms with Crippen LogP contribution in [0.4, 0.5) is 10.1 Å². The van der Waals surface area contributed by atoms with E-state index in [1.807, 2.05) is 20.8 Å². The Morgan fingerprint density at radius 3 is 2.27 bits per heavy atom. The minimum atomic E-state index is -0.284. The summed E-state index contributed by atoms with van der Waals surface area (Å²) in [6.45, 7) is 6.61. The van der Waals surface area contributed by atoms with Crippen molar-refractivity contribution in [1.82, 2.24) is 16.2 Å². The highest BCUT2D eigenvalue weighted by Gasteiger charge is 2.07. The first-order chi connectivity index (χ1) is 12.3. The van der Waals surface area contributed by atoms with Crippen molar-refractivity contribution in [2.75, 3.05) is 11.9 Å². The largest absolute Gasteiger partial charge is 0.376 e. The molecule has 0 radical (unpaired) electrons. The minimum Gasteiger partial charge on any atom is -0.376 e. The van der Waals surface area contributed by atoms with Gasteiger partial charge in [-0.05, 0) is 61.8 Å². The zero-order chi connectivity index (χ0) is 19.1. The van der Waals surface area contributed by atoms with Crippen LogP contribution in [0.5, 0.6) is 0 Å². The highest BCUT2D eigenvalue weighted by molar-refractivity contribution is 7.80. The quantitative estimate of drug-likeness (QED) is 0.479. The second-order valence-corrected chi connectivity index (χ2v) is 6.52. The predicted molar refractivity (Wildman–Crippen MR) is 106 cm³/mol. The zero-order valence-corrected chi connectivity index (χ0v) is 15.9. The van der Waals surface area contributed by atoms with Crippen molar-refractivity contribution in [3.8, 4) is 0 Å². The lowest BCUT2D eigenvalue weighted by atomic mass is 10.1. The lowest BCUT2D eigenvalue weighted by Gasteiger charge is -2.15. The van der Waals surface area contributed by atoms with Crippen LogP contribution in [0.25, 0.3) is 0 Å². The second kappa shape index (κ2) is 9.15.